The van der Waals surface area contributed by atoms with Crippen LogP contribution >= 0.6 is 0 Å². The summed E-state index contributed by atoms with van der Waals surface area (Å²) in [6, 6.07) is -2.15. The number of alkyl carbamates (subject to hydrolysis) is 1. The molecule has 0 aliphatic rings. The summed E-state index contributed by atoms with van der Waals surface area (Å²) in [5.41, 5.74) is -1.39. The van der Waals surface area contributed by atoms with E-state index in [0.717, 1.165) is 0 Å². The summed E-state index contributed by atoms with van der Waals surface area (Å²) >= 11 is 0. The van der Waals surface area contributed by atoms with Crippen molar-refractivity contribution in [1.29, 1.82) is 0 Å². The summed E-state index contributed by atoms with van der Waals surface area (Å²) in [6.07, 6.45) is 0.0929. The van der Waals surface area contributed by atoms with Gasteiger partial charge in [0.25, 0.3) is 0 Å². The summed E-state index contributed by atoms with van der Waals surface area (Å²) in [5, 5.41) is 7.44. The predicted octanol–water partition coefficient (Wildman–Crippen LogP) is 1.28. The largest absolute Gasteiger partial charge is 0.461 e. The summed E-state index contributed by atoms with van der Waals surface area (Å²) in [5.74, 6) is -1.81. The van der Waals surface area contributed by atoms with Crippen LogP contribution in [-0.2, 0) is 23.9 Å². The van der Waals surface area contributed by atoms with Gasteiger partial charge in [-0.3, -0.25) is 14.4 Å². The smallest absolute Gasteiger partial charge is 0.408 e. The number of nitrogens with one attached hydrogen (secondary N) is 3. The number of carbonyl (C=O) groups excluding carboxylic acids is 4. The quantitative estimate of drug-likeness (QED) is 0.417. The molecule has 28 heavy (non-hydrogen) atoms. The Morgan fingerprint density at radius 3 is 2.00 bits per heavy atom. The van der Waals surface area contributed by atoms with Gasteiger partial charge in [0.2, 0.25) is 11.8 Å². The molecule has 3 N–H and O–H groups in total. The Labute approximate surface area is 166 Å². The molecule has 0 aromatic carbocycles. The van der Waals surface area contributed by atoms with Gasteiger partial charge in [0, 0.05) is 7.05 Å². The fraction of sp³-hybridized carbons (Fsp3) is 0.684. The Morgan fingerprint density at radius 1 is 1.00 bits per heavy atom. The molecule has 160 valence electrons. The molecule has 3 amide bonds. The average Bonchev–Trinajstić information content (AvgIpc) is 2.53. The third-order valence-corrected chi connectivity index (χ3v) is 3.40. The van der Waals surface area contributed by atoms with Crippen LogP contribution in [0.25, 0.3) is 0 Å². The van der Waals surface area contributed by atoms with Crippen LogP contribution in [0.5, 0.6) is 0 Å². The molecule has 9 nitrogen and oxygen atoms in total. The maximum atomic E-state index is 12.7. The van der Waals surface area contributed by atoms with Gasteiger partial charge >= 0.3 is 12.1 Å². The lowest BCUT2D eigenvalue weighted by Crippen LogP contribution is -2.58. The van der Waals surface area contributed by atoms with Crippen molar-refractivity contribution < 1.29 is 28.7 Å². The van der Waals surface area contributed by atoms with Crippen LogP contribution in [0.3, 0.4) is 0 Å². The van der Waals surface area contributed by atoms with Crippen LogP contribution < -0.4 is 16.0 Å². The van der Waals surface area contributed by atoms with E-state index in [1.807, 2.05) is 0 Å². The molecule has 0 saturated carbocycles. The van der Waals surface area contributed by atoms with Gasteiger partial charge < -0.3 is 25.4 Å². The summed E-state index contributed by atoms with van der Waals surface area (Å²) in [4.78, 5) is 48.9. The molecular formula is C19H33N3O6. The standard InChI is InChI=1S/C19H33N3O6/c1-9-10-27-13(23)11-12(21-17(26)28-19(5,6)7)15(24)22-14(16(25)20-8)18(2,3)4/h9,12,14H,1,10-11H2,2-8H3,(H,20,25)(H,21,26)(H,22,24)/t12-,14-/m1/s1. The van der Waals surface area contributed by atoms with Gasteiger partial charge in [-0.2, -0.15) is 0 Å². The van der Waals surface area contributed by atoms with E-state index in [1.54, 1.807) is 41.5 Å². The number of esters is 1. The fourth-order valence-electron chi connectivity index (χ4n) is 2.10. The van der Waals surface area contributed by atoms with Crippen molar-refractivity contribution in [2.24, 2.45) is 5.41 Å². The number of hydrogen-bond acceptors (Lipinski definition) is 6. The third kappa shape index (κ3) is 9.94. The number of rotatable bonds is 8. The minimum atomic E-state index is -1.28. The Balaban J connectivity index is 5.41. The maximum absolute atomic E-state index is 12.7. The van der Waals surface area contributed by atoms with E-state index < -0.39 is 53.4 Å². The molecule has 0 aliphatic heterocycles. The molecule has 0 aromatic rings. The zero-order valence-electron chi connectivity index (χ0n) is 17.8. The van der Waals surface area contributed by atoms with Crippen molar-refractivity contribution >= 4 is 23.9 Å². The number of amides is 3. The number of ether oxygens (including phenoxy) is 2. The van der Waals surface area contributed by atoms with Gasteiger partial charge in [-0.1, -0.05) is 33.4 Å². The number of hydrogen-bond donors (Lipinski definition) is 3. The van der Waals surface area contributed by atoms with Gasteiger partial charge in [0.05, 0.1) is 6.42 Å². The molecule has 0 aliphatic carbocycles. The Bertz CT molecular complexity index is 589. The van der Waals surface area contributed by atoms with Crippen LogP contribution in [0.4, 0.5) is 4.79 Å². The molecule has 0 rings (SSSR count). The van der Waals surface area contributed by atoms with Gasteiger partial charge in [-0.25, -0.2) is 4.79 Å². The molecule has 0 radical (unpaired) electrons. The van der Waals surface area contributed by atoms with Gasteiger partial charge in [-0.05, 0) is 26.2 Å². The zero-order chi connectivity index (χ0) is 22.1. The molecule has 0 fully saturated rings. The Kier molecular flexibility index (Phi) is 9.69. The molecule has 0 saturated heterocycles. The highest BCUT2D eigenvalue weighted by molar-refractivity contribution is 5.93. The highest BCUT2D eigenvalue weighted by atomic mass is 16.6. The second-order valence-electron chi connectivity index (χ2n) is 8.30. The van der Waals surface area contributed by atoms with Crippen LogP contribution in [0.1, 0.15) is 48.0 Å². The lowest BCUT2D eigenvalue weighted by molar-refractivity contribution is -0.145. The average molecular weight is 399 g/mol. The van der Waals surface area contributed by atoms with Crippen LogP contribution in [0.2, 0.25) is 0 Å². The Hall–Kier alpha value is -2.58. The second-order valence-corrected chi connectivity index (χ2v) is 8.30. The van der Waals surface area contributed by atoms with E-state index in [2.05, 4.69) is 22.5 Å². The van der Waals surface area contributed by atoms with E-state index in [-0.39, 0.29) is 6.61 Å². The highest BCUT2D eigenvalue weighted by Crippen LogP contribution is 2.19. The van der Waals surface area contributed by atoms with Crippen LogP contribution in [-0.4, -0.2) is 55.2 Å². The maximum Gasteiger partial charge on any atom is 0.408 e. The third-order valence-electron chi connectivity index (χ3n) is 3.40. The van der Waals surface area contributed by atoms with Gasteiger partial charge in [0.1, 0.15) is 24.3 Å². The molecule has 2 atom stereocenters. The first kappa shape index (κ1) is 25.4. The van der Waals surface area contributed by atoms with Crippen molar-refractivity contribution in [3.63, 3.8) is 0 Å². The highest BCUT2D eigenvalue weighted by Gasteiger charge is 2.35. The molecule has 0 spiro atoms. The lowest BCUT2D eigenvalue weighted by Gasteiger charge is -2.31. The van der Waals surface area contributed by atoms with Crippen molar-refractivity contribution in [3.05, 3.63) is 12.7 Å². The van der Waals surface area contributed by atoms with Crippen molar-refractivity contribution in [1.82, 2.24) is 16.0 Å². The molecule has 0 heterocycles. The van der Waals surface area contributed by atoms with Crippen LogP contribution in [0.15, 0.2) is 12.7 Å². The fourth-order valence-corrected chi connectivity index (χ4v) is 2.10. The normalized spacial score (nSPS) is 13.5. The molecule has 0 bridgehead atoms. The molecule has 0 unspecified atom stereocenters. The molecule has 0 aromatic heterocycles. The molecule has 9 heteroatoms. The monoisotopic (exact) mass is 399 g/mol. The second kappa shape index (κ2) is 10.7. The topological polar surface area (TPSA) is 123 Å². The predicted molar refractivity (Wildman–Crippen MR) is 104 cm³/mol. The van der Waals surface area contributed by atoms with E-state index in [1.165, 1.54) is 13.1 Å². The van der Waals surface area contributed by atoms with E-state index >= 15 is 0 Å². The number of likely N-dealkylation sites (N-methyl/N-ethyl adjacent to an activating group) is 1. The van der Waals surface area contributed by atoms with Gasteiger partial charge in [0.15, 0.2) is 0 Å². The minimum absolute atomic E-state index is 0.0253. The zero-order valence-corrected chi connectivity index (χ0v) is 17.8. The first-order valence-electron chi connectivity index (χ1n) is 8.99. The lowest BCUT2D eigenvalue weighted by atomic mass is 9.86. The van der Waals surface area contributed by atoms with E-state index in [9.17, 15) is 19.2 Å². The summed E-state index contributed by atoms with van der Waals surface area (Å²) < 4.78 is 10.0. The minimum Gasteiger partial charge on any atom is -0.461 e. The van der Waals surface area contributed by atoms with Crippen molar-refractivity contribution in [2.75, 3.05) is 13.7 Å². The summed E-state index contributed by atoms with van der Waals surface area (Å²) in [7, 11) is 1.45. The summed E-state index contributed by atoms with van der Waals surface area (Å²) in [6.45, 7) is 13.8. The Morgan fingerprint density at radius 2 is 1.57 bits per heavy atom. The van der Waals surface area contributed by atoms with Crippen molar-refractivity contribution in [3.8, 4) is 0 Å². The van der Waals surface area contributed by atoms with Crippen molar-refractivity contribution in [2.45, 2.75) is 65.6 Å². The first-order chi connectivity index (χ1) is 12.7. The first-order valence-corrected chi connectivity index (χ1v) is 8.99. The number of carbonyl (C=O) groups is 4. The van der Waals surface area contributed by atoms with E-state index in [0.29, 0.717) is 0 Å². The van der Waals surface area contributed by atoms with Gasteiger partial charge in [-0.15, -0.1) is 0 Å². The van der Waals surface area contributed by atoms with E-state index in [4.69, 9.17) is 9.47 Å². The molecular weight excluding hydrogens is 366 g/mol. The van der Waals surface area contributed by atoms with Crippen LogP contribution in [0, 0.1) is 5.41 Å². The SMILES string of the molecule is C=CCOC(=O)C[C@@H](NC(=O)OC(C)(C)C)C(=O)N[C@H](C(=O)NC)C(C)(C)C.